The first-order chi connectivity index (χ1) is 9.19. The number of carbonyl (C=O) groups is 1. The Labute approximate surface area is 112 Å². The van der Waals surface area contributed by atoms with Gasteiger partial charge in [-0.25, -0.2) is 0 Å². The minimum Gasteiger partial charge on any atom is -0.424 e. The predicted octanol–water partition coefficient (Wildman–Crippen LogP) is -0.335. The molecular weight excluding hydrogens is 246 g/mol. The van der Waals surface area contributed by atoms with Crippen molar-refractivity contribution in [1.29, 1.82) is 0 Å². The molecule has 1 aliphatic rings. The first kappa shape index (κ1) is 14.0. The molecule has 1 amide bonds. The van der Waals surface area contributed by atoms with Crippen molar-refractivity contribution in [3.05, 3.63) is 11.8 Å². The molecule has 0 aliphatic carbocycles. The summed E-state index contributed by atoms with van der Waals surface area (Å²) in [6, 6.07) is 0. The van der Waals surface area contributed by atoms with Crippen LogP contribution in [0.1, 0.15) is 24.6 Å². The van der Waals surface area contributed by atoms with E-state index in [9.17, 15) is 4.79 Å². The number of hydrogen-bond donors (Lipinski definition) is 2. The van der Waals surface area contributed by atoms with Gasteiger partial charge in [-0.1, -0.05) is 0 Å². The van der Waals surface area contributed by atoms with Crippen LogP contribution in [0.4, 0.5) is 0 Å². The number of aromatic nitrogens is 2. The van der Waals surface area contributed by atoms with Crippen molar-refractivity contribution in [1.82, 2.24) is 20.4 Å². The van der Waals surface area contributed by atoms with Gasteiger partial charge in [0.05, 0.1) is 12.5 Å². The van der Waals surface area contributed by atoms with Gasteiger partial charge in [0.1, 0.15) is 0 Å². The standard InChI is InChI=1S/C12H21N5O2/c1-9-15-16-11(19-9)8-17-6-2-3-10(7-17)12(18)14-5-4-13/h10H,2-8,13H2,1H3,(H,14,18). The molecule has 1 aromatic heterocycles. The third kappa shape index (κ3) is 4.00. The highest BCUT2D eigenvalue weighted by Crippen LogP contribution is 2.18. The van der Waals surface area contributed by atoms with Crippen molar-refractivity contribution in [3.8, 4) is 0 Å². The van der Waals surface area contributed by atoms with Crippen LogP contribution >= 0.6 is 0 Å². The molecule has 106 valence electrons. The van der Waals surface area contributed by atoms with Gasteiger partial charge in [0.25, 0.3) is 0 Å². The Morgan fingerprint density at radius 2 is 2.42 bits per heavy atom. The lowest BCUT2D eigenvalue weighted by Gasteiger charge is -2.30. The van der Waals surface area contributed by atoms with Gasteiger partial charge in [-0.05, 0) is 19.4 Å². The summed E-state index contributed by atoms with van der Waals surface area (Å²) in [6.07, 6.45) is 1.93. The van der Waals surface area contributed by atoms with Gasteiger partial charge in [-0.3, -0.25) is 9.69 Å². The van der Waals surface area contributed by atoms with E-state index in [1.54, 1.807) is 6.92 Å². The number of hydrogen-bond acceptors (Lipinski definition) is 6. The molecule has 1 atom stereocenters. The van der Waals surface area contributed by atoms with Crippen molar-refractivity contribution in [3.63, 3.8) is 0 Å². The summed E-state index contributed by atoms with van der Waals surface area (Å²) in [4.78, 5) is 14.1. The monoisotopic (exact) mass is 267 g/mol. The second-order valence-electron chi connectivity index (χ2n) is 4.87. The quantitative estimate of drug-likeness (QED) is 0.758. The lowest BCUT2D eigenvalue weighted by Crippen LogP contribution is -2.43. The van der Waals surface area contributed by atoms with E-state index in [0.29, 0.717) is 31.4 Å². The topological polar surface area (TPSA) is 97.3 Å². The van der Waals surface area contributed by atoms with Gasteiger partial charge in [-0.2, -0.15) is 0 Å². The Morgan fingerprint density at radius 1 is 1.58 bits per heavy atom. The van der Waals surface area contributed by atoms with Crippen LogP contribution in [0.2, 0.25) is 0 Å². The van der Waals surface area contributed by atoms with Gasteiger partial charge < -0.3 is 15.5 Å². The highest BCUT2D eigenvalue weighted by atomic mass is 16.4. The Morgan fingerprint density at radius 3 is 3.11 bits per heavy atom. The average Bonchev–Trinajstić information content (AvgIpc) is 2.81. The number of piperidine rings is 1. The second-order valence-corrected chi connectivity index (χ2v) is 4.87. The van der Waals surface area contributed by atoms with Crippen molar-refractivity contribution < 1.29 is 9.21 Å². The summed E-state index contributed by atoms with van der Waals surface area (Å²) < 4.78 is 5.37. The van der Waals surface area contributed by atoms with Crippen molar-refractivity contribution >= 4 is 5.91 Å². The molecule has 0 saturated carbocycles. The number of nitrogens with one attached hydrogen (secondary N) is 1. The Kier molecular flexibility index (Phi) is 4.86. The largest absolute Gasteiger partial charge is 0.424 e. The summed E-state index contributed by atoms with van der Waals surface area (Å²) in [5.74, 6) is 1.31. The van der Waals surface area contributed by atoms with Crippen molar-refractivity contribution in [2.45, 2.75) is 26.3 Å². The van der Waals surface area contributed by atoms with E-state index in [0.717, 1.165) is 25.9 Å². The summed E-state index contributed by atoms with van der Waals surface area (Å²) in [6.45, 7) is 5.10. The zero-order valence-electron chi connectivity index (χ0n) is 11.3. The van der Waals surface area contributed by atoms with Crippen LogP contribution in [0.5, 0.6) is 0 Å². The van der Waals surface area contributed by atoms with Crippen molar-refractivity contribution in [2.75, 3.05) is 26.2 Å². The molecule has 1 saturated heterocycles. The fourth-order valence-corrected chi connectivity index (χ4v) is 2.35. The van der Waals surface area contributed by atoms with Gasteiger partial charge >= 0.3 is 0 Å². The molecule has 19 heavy (non-hydrogen) atoms. The maximum Gasteiger partial charge on any atom is 0.230 e. The Balaban J connectivity index is 1.84. The zero-order valence-corrected chi connectivity index (χ0v) is 11.3. The molecule has 0 spiro atoms. The fourth-order valence-electron chi connectivity index (χ4n) is 2.35. The maximum atomic E-state index is 11.9. The normalized spacial score (nSPS) is 20.4. The first-order valence-corrected chi connectivity index (χ1v) is 6.68. The van der Waals surface area contributed by atoms with Crippen molar-refractivity contribution in [2.24, 2.45) is 11.7 Å². The number of aryl methyl sites for hydroxylation is 1. The molecule has 2 rings (SSSR count). The number of amides is 1. The number of likely N-dealkylation sites (tertiary alicyclic amines) is 1. The van der Waals surface area contributed by atoms with E-state index in [-0.39, 0.29) is 11.8 Å². The molecule has 0 radical (unpaired) electrons. The Hall–Kier alpha value is -1.47. The van der Waals surface area contributed by atoms with Crippen LogP contribution in [0.3, 0.4) is 0 Å². The third-order valence-electron chi connectivity index (χ3n) is 3.25. The third-order valence-corrected chi connectivity index (χ3v) is 3.25. The second kappa shape index (κ2) is 6.63. The number of nitrogens with zero attached hydrogens (tertiary/aromatic N) is 3. The molecule has 3 N–H and O–H groups in total. The molecule has 1 fully saturated rings. The van der Waals surface area contributed by atoms with E-state index < -0.39 is 0 Å². The molecule has 1 aromatic rings. The van der Waals surface area contributed by atoms with Gasteiger partial charge in [0.2, 0.25) is 17.7 Å². The van der Waals surface area contributed by atoms with Crippen LogP contribution in [-0.2, 0) is 11.3 Å². The van der Waals surface area contributed by atoms with Gasteiger partial charge in [0.15, 0.2) is 0 Å². The van der Waals surface area contributed by atoms with E-state index in [2.05, 4.69) is 20.4 Å². The minimum atomic E-state index is 0.0318. The maximum absolute atomic E-state index is 11.9. The summed E-state index contributed by atoms with van der Waals surface area (Å²) >= 11 is 0. The molecule has 1 aliphatic heterocycles. The van der Waals surface area contributed by atoms with E-state index in [4.69, 9.17) is 10.2 Å². The predicted molar refractivity (Wildman–Crippen MR) is 69.1 cm³/mol. The summed E-state index contributed by atoms with van der Waals surface area (Å²) in [5.41, 5.74) is 5.39. The SMILES string of the molecule is Cc1nnc(CN2CCCC(C(=O)NCCN)C2)o1. The first-order valence-electron chi connectivity index (χ1n) is 6.68. The summed E-state index contributed by atoms with van der Waals surface area (Å²) in [7, 11) is 0. The molecule has 1 unspecified atom stereocenters. The number of nitrogens with two attached hydrogens (primary N) is 1. The zero-order chi connectivity index (χ0) is 13.7. The van der Waals surface area contributed by atoms with E-state index in [1.807, 2.05) is 0 Å². The van der Waals surface area contributed by atoms with Crippen LogP contribution in [0, 0.1) is 12.8 Å². The van der Waals surface area contributed by atoms with Crippen LogP contribution in [0.25, 0.3) is 0 Å². The minimum absolute atomic E-state index is 0.0318. The molecule has 7 nitrogen and oxygen atoms in total. The van der Waals surface area contributed by atoms with Gasteiger partial charge in [0, 0.05) is 26.6 Å². The highest BCUT2D eigenvalue weighted by molar-refractivity contribution is 5.78. The fraction of sp³-hybridized carbons (Fsp3) is 0.750. The molecular formula is C12H21N5O2. The Bertz CT molecular complexity index is 420. The summed E-state index contributed by atoms with van der Waals surface area (Å²) in [5, 5.41) is 10.6. The smallest absolute Gasteiger partial charge is 0.230 e. The van der Waals surface area contributed by atoms with Crippen LogP contribution in [0.15, 0.2) is 4.42 Å². The molecule has 7 heteroatoms. The van der Waals surface area contributed by atoms with Gasteiger partial charge in [-0.15, -0.1) is 10.2 Å². The molecule has 0 aromatic carbocycles. The van der Waals surface area contributed by atoms with Crippen LogP contribution in [-0.4, -0.2) is 47.2 Å². The molecule has 0 bridgehead atoms. The molecule has 2 heterocycles. The van der Waals surface area contributed by atoms with E-state index >= 15 is 0 Å². The lowest BCUT2D eigenvalue weighted by molar-refractivity contribution is -0.126. The average molecular weight is 267 g/mol. The van der Waals surface area contributed by atoms with E-state index in [1.165, 1.54) is 0 Å². The van der Waals surface area contributed by atoms with Crippen LogP contribution < -0.4 is 11.1 Å². The lowest BCUT2D eigenvalue weighted by atomic mass is 9.97. The highest BCUT2D eigenvalue weighted by Gasteiger charge is 2.26. The number of rotatable bonds is 5. The number of carbonyl (C=O) groups excluding carboxylic acids is 1.